The van der Waals surface area contributed by atoms with E-state index >= 15 is 0 Å². The molecule has 1 rings (SSSR count). The molecule has 8 heteroatoms. The maximum Gasteiger partial charge on any atom is 0.358 e. The minimum atomic E-state index is -1.11. The van der Waals surface area contributed by atoms with Crippen LogP contribution in [0.25, 0.3) is 0 Å². The number of hydrogen-bond acceptors (Lipinski definition) is 4. The lowest BCUT2D eigenvalue weighted by Crippen LogP contribution is -2.39. The van der Waals surface area contributed by atoms with Gasteiger partial charge < -0.3 is 15.3 Å². The number of aromatic nitrogens is 3. The van der Waals surface area contributed by atoms with Gasteiger partial charge in [-0.25, -0.2) is 14.3 Å². The fourth-order valence-electron chi connectivity index (χ4n) is 1.62. The zero-order chi connectivity index (χ0) is 15.0. The molecule has 8 nitrogen and oxygen atoms in total. The number of urea groups is 1. The number of carboxylic acid groups (broad SMARTS) is 1. The highest BCUT2D eigenvalue weighted by Crippen LogP contribution is 1.96. The number of amides is 2. The first kappa shape index (κ1) is 15.9. The second-order valence-electron chi connectivity index (χ2n) is 4.53. The molecule has 0 radical (unpaired) electrons. The monoisotopic (exact) mass is 283 g/mol. The van der Waals surface area contributed by atoms with E-state index < -0.39 is 5.97 Å². The highest BCUT2D eigenvalue weighted by atomic mass is 16.4. The summed E-state index contributed by atoms with van der Waals surface area (Å²) in [5.41, 5.74) is -0.104. The van der Waals surface area contributed by atoms with Crippen LogP contribution in [0.2, 0.25) is 0 Å². The van der Waals surface area contributed by atoms with Crippen molar-refractivity contribution in [3.63, 3.8) is 0 Å². The van der Waals surface area contributed by atoms with Crippen LogP contribution in [-0.4, -0.2) is 57.1 Å². The van der Waals surface area contributed by atoms with E-state index in [1.807, 2.05) is 0 Å². The number of carbonyl (C=O) groups excluding carboxylic acids is 1. The van der Waals surface area contributed by atoms with Gasteiger partial charge in [-0.05, 0) is 6.42 Å². The molecular formula is C12H21N5O3. The maximum absolute atomic E-state index is 11.7. The van der Waals surface area contributed by atoms with E-state index in [0.717, 1.165) is 25.8 Å². The van der Waals surface area contributed by atoms with E-state index in [-0.39, 0.29) is 11.7 Å². The lowest BCUT2D eigenvalue weighted by Gasteiger charge is -2.17. The Morgan fingerprint density at radius 3 is 2.80 bits per heavy atom. The number of carbonyl (C=O) groups is 2. The Hall–Kier alpha value is -2.12. The first-order valence-electron chi connectivity index (χ1n) is 6.67. The largest absolute Gasteiger partial charge is 0.476 e. The van der Waals surface area contributed by atoms with Gasteiger partial charge in [0.1, 0.15) is 0 Å². The van der Waals surface area contributed by atoms with Gasteiger partial charge in [-0.15, -0.1) is 5.10 Å². The van der Waals surface area contributed by atoms with Gasteiger partial charge in [-0.3, -0.25) is 0 Å². The third-order valence-corrected chi connectivity index (χ3v) is 2.82. The third kappa shape index (κ3) is 5.25. The molecule has 0 aliphatic carbocycles. The molecule has 0 fully saturated rings. The summed E-state index contributed by atoms with van der Waals surface area (Å²) in [5.74, 6) is -1.11. The van der Waals surface area contributed by atoms with E-state index in [2.05, 4.69) is 22.6 Å². The molecule has 2 amide bonds. The van der Waals surface area contributed by atoms with Crippen molar-refractivity contribution in [1.29, 1.82) is 0 Å². The van der Waals surface area contributed by atoms with Gasteiger partial charge in [-0.1, -0.05) is 25.0 Å². The number of hydrogen-bond donors (Lipinski definition) is 2. The first-order chi connectivity index (χ1) is 9.54. The Balaban J connectivity index is 2.25. The summed E-state index contributed by atoms with van der Waals surface area (Å²) in [6, 6.07) is -0.139. The Kier molecular flexibility index (Phi) is 6.48. The van der Waals surface area contributed by atoms with Crippen molar-refractivity contribution in [1.82, 2.24) is 25.2 Å². The molecule has 0 saturated carbocycles. The molecule has 2 N–H and O–H groups in total. The summed E-state index contributed by atoms with van der Waals surface area (Å²) in [4.78, 5) is 24.0. The Bertz CT molecular complexity index is 446. The van der Waals surface area contributed by atoms with Gasteiger partial charge in [0.25, 0.3) is 0 Å². The van der Waals surface area contributed by atoms with Crippen LogP contribution in [0.1, 0.15) is 36.7 Å². The van der Waals surface area contributed by atoms with Crippen LogP contribution >= 0.6 is 0 Å². The van der Waals surface area contributed by atoms with E-state index in [0.29, 0.717) is 13.1 Å². The molecule has 0 bridgehead atoms. The number of nitrogens with zero attached hydrogens (tertiary/aromatic N) is 4. The highest BCUT2D eigenvalue weighted by molar-refractivity contribution is 5.84. The van der Waals surface area contributed by atoms with Crippen molar-refractivity contribution in [3.8, 4) is 0 Å². The molecule has 0 aromatic carbocycles. The Morgan fingerprint density at radius 2 is 2.20 bits per heavy atom. The van der Waals surface area contributed by atoms with Crippen LogP contribution in [0, 0.1) is 0 Å². The second-order valence-corrected chi connectivity index (χ2v) is 4.53. The van der Waals surface area contributed by atoms with Crippen LogP contribution in [-0.2, 0) is 6.54 Å². The van der Waals surface area contributed by atoms with E-state index in [4.69, 9.17) is 5.11 Å². The molecule has 0 aliphatic heterocycles. The van der Waals surface area contributed by atoms with Crippen LogP contribution in [0.4, 0.5) is 4.79 Å². The molecule has 112 valence electrons. The van der Waals surface area contributed by atoms with Crippen molar-refractivity contribution in [2.75, 3.05) is 20.1 Å². The number of nitrogens with one attached hydrogen (secondary N) is 1. The van der Waals surface area contributed by atoms with Crippen LogP contribution in [0.3, 0.4) is 0 Å². The summed E-state index contributed by atoms with van der Waals surface area (Å²) in [7, 11) is 1.75. The first-order valence-corrected chi connectivity index (χ1v) is 6.67. The average molecular weight is 283 g/mol. The van der Waals surface area contributed by atoms with Crippen molar-refractivity contribution in [2.45, 2.75) is 32.7 Å². The topological polar surface area (TPSA) is 100 Å². The second kappa shape index (κ2) is 8.13. The Morgan fingerprint density at radius 1 is 1.45 bits per heavy atom. The van der Waals surface area contributed by atoms with Crippen molar-refractivity contribution in [2.24, 2.45) is 0 Å². The minimum Gasteiger partial charge on any atom is -0.476 e. The standard InChI is InChI=1S/C12H21N5O3/c1-3-4-5-7-16(2)12(20)13-6-8-17-9-10(11(18)19)14-15-17/h9H,3-8H2,1-2H3,(H,13,20)(H,18,19). The van der Waals surface area contributed by atoms with E-state index in [1.54, 1.807) is 11.9 Å². The lowest BCUT2D eigenvalue weighted by molar-refractivity contribution is 0.0690. The molecule has 0 aliphatic rings. The van der Waals surface area contributed by atoms with Crippen LogP contribution in [0.5, 0.6) is 0 Å². The third-order valence-electron chi connectivity index (χ3n) is 2.82. The van der Waals surface area contributed by atoms with Crippen molar-refractivity contribution in [3.05, 3.63) is 11.9 Å². The molecule has 0 spiro atoms. The van der Waals surface area contributed by atoms with Crippen LogP contribution in [0.15, 0.2) is 6.20 Å². The maximum atomic E-state index is 11.7. The van der Waals surface area contributed by atoms with Crippen molar-refractivity contribution >= 4 is 12.0 Å². The molecule has 0 unspecified atom stereocenters. The summed E-state index contributed by atoms with van der Waals surface area (Å²) in [5, 5.41) is 18.6. The quantitative estimate of drug-likeness (QED) is 0.687. The summed E-state index contributed by atoms with van der Waals surface area (Å²) in [6.07, 6.45) is 4.55. The summed E-state index contributed by atoms with van der Waals surface area (Å²) in [6.45, 7) is 3.60. The predicted molar refractivity (Wildman–Crippen MR) is 72.5 cm³/mol. The molecule has 20 heavy (non-hydrogen) atoms. The molecular weight excluding hydrogens is 262 g/mol. The smallest absolute Gasteiger partial charge is 0.358 e. The summed E-state index contributed by atoms with van der Waals surface area (Å²) >= 11 is 0. The van der Waals surface area contributed by atoms with Gasteiger partial charge >= 0.3 is 12.0 Å². The van der Waals surface area contributed by atoms with Gasteiger partial charge in [0.05, 0.1) is 12.7 Å². The number of unbranched alkanes of at least 4 members (excludes halogenated alkanes) is 2. The molecule has 0 saturated heterocycles. The fraction of sp³-hybridized carbons (Fsp3) is 0.667. The number of aromatic carboxylic acids is 1. The van der Waals surface area contributed by atoms with Gasteiger partial charge in [0.15, 0.2) is 5.69 Å². The van der Waals surface area contributed by atoms with Crippen LogP contribution < -0.4 is 5.32 Å². The normalized spacial score (nSPS) is 10.3. The van der Waals surface area contributed by atoms with Crippen molar-refractivity contribution < 1.29 is 14.7 Å². The molecule has 1 aromatic rings. The average Bonchev–Trinajstić information content (AvgIpc) is 2.87. The minimum absolute atomic E-state index is 0.104. The SMILES string of the molecule is CCCCCN(C)C(=O)NCCn1cc(C(=O)O)nn1. The van der Waals surface area contributed by atoms with E-state index in [1.165, 1.54) is 10.9 Å². The van der Waals surface area contributed by atoms with Gasteiger partial charge in [0, 0.05) is 20.1 Å². The fourth-order valence-corrected chi connectivity index (χ4v) is 1.62. The van der Waals surface area contributed by atoms with E-state index in [9.17, 15) is 9.59 Å². The number of rotatable bonds is 8. The molecule has 1 aromatic heterocycles. The lowest BCUT2D eigenvalue weighted by atomic mass is 10.2. The molecule has 1 heterocycles. The molecule has 0 atom stereocenters. The summed E-state index contributed by atoms with van der Waals surface area (Å²) < 4.78 is 1.39. The van der Waals surface area contributed by atoms with Gasteiger partial charge in [0.2, 0.25) is 0 Å². The number of carboxylic acids is 1. The Labute approximate surface area is 117 Å². The highest BCUT2D eigenvalue weighted by Gasteiger charge is 2.09. The zero-order valence-electron chi connectivity index (χ0n) is 11.9. The zero-order valence-corrected chi connectivity index (χ0v) is 11.9. The predicted octanol–water partition coefficient (Wildman–Crippen LogP) is 0.808. The van der Waals surface area contributed by atoms with Gasteiger partial charge in [-0.2, -0.15) is 0 Å².